The zero-order valence-electron chi connectivity index (χ0n) is 14.5. The van der Waals surface area contributed by atoms with Gasteiger partial charge in [-0.2, -0.15) is 0 Å². The van der Waals surface area contributed by atoms with Crippen molar-refractivity contribution >= 4 is 51.0 Å². The molecule has 1 amide bonds. The van der Waals surface area contributed by atoms with Crippen LogP contribution in [0.5, 0.6) is 0 Å². The van der Waals surface area contributed by atoms with E-state index in [2.05, 4.69) is 15.6 Å². The van der Waals surface area contributed by atoms with E-state index in [1.807, 2.05) is 0 Å². The van der Waals surface area contributed by atoms with Crippen LogP contribution in [0, 0.1) is 20.2 Å². The van der Waals surface area contributed by atoms with E-state index in [0.29, 0.717) is 16.4 Å². The van der Waals surface area contributed by atoms with Crippen LogP contribution < -0.4 is 10.6 Å². The van der Waals surface area contributed by atoms with Crippen LogP contribution in [-0.2, 0) is 4.79 Å². The number of hydrogen-bond donors (Lipinski definition) is 2. The van der Waals surface area contributed by atoms with Crippen molar-refractivity contribution in [3.05, 3.63) is 73.1 Å². The Labute approximate surface area is 172 Å². The first kappa shape index (κ1) is 20.2. The number of benzene rings is 2. The second-order valence-electron chi connectivity index (χ2n) is 5.67. The molecule has 1 aromatic heterocycles. The normalized spacial score (nSPS) is 10.4. The summed E-state index contributed by atoms with van der Waals surface area (Å²) in [6.07, 6.45) is 0. The van der Waals surface area contributed by atoms with Gasteiger partial charge in [0.25, 0.3) is 11.4 Å². The Kier molecular flexibility index (Phi) is 6.00. The van der Waals surface area contributed by atoms with E-state index in [0.717, 1.165) is 6.07 Å². The van der Waals surface area contributed by atoms with E-state index in [9.17, 15) is 25.0 Å². The van der Waals surface area contributed by atoms with Crippen molar-refractivity contribution in [2.24, 2.45) is 0 Å². The van der Waals surface area contributed by atoms with Crippen LogP contribution in [0.3, 0.4) is 0 Å². The predicted molar refractivity (Wildman–Crippen MR) is 109 cm³/mol. The minimum absolute atomic E-state index is 0.0302. The van der Waals surface area contributed by atoms with E-state index < -0.39 is 15.8 Å². The number of carbonyl (C=O) groups is 1. The van der Waals surface area contributed by atoms with Gasteiger partial charge in [0.2, 0.25) is 5.91 Å². The number of thiazole rings is 1. The number of nitro benzene ring substituents is 2. The number of anilines is 2. The smallest absolute Gasteiger partial charge is 0.294 e. The van der Waals surface area contributed by atoms with Gasteiger partial charge in [0, 0.05) is 34.2 Å². The molecule has 2 aromatic carbocycles. The van der Waals surface area contributed by atoms with Gasteiger partial charge in [-0.05, 0) is 12.1 Å². The van der Waals surface area contributed by atoms with Crippen molar-refractivity contribution in [2.45, 2.75) is 0 Å². The minimum atomic E-state index is -0.638. The average molecular weight is 434 g/mol. The van der Waals surface area contributed by atoms with E-state index in [1.165, 1.54) is 35.6 Å². The first-order valence-corrected chi connectivity index (χ1v) is 9.27. The van der Waals surface area contributed by atoms with E-state index in [4.69, 9.17) is 11.6 Å². The van der Waals surface area contributed by atoms with Crippen molar-refractivity contribution in [3.8, 4) is 11.3 Å². The summed E-state index contributed by atoms with van der Waals surface area (Å²) in [5, 5.41) is 29.5. The number of aromatic nitrogens is 1. The Hall–Kier alpha value is -3.57. The third-order valence-corrected chi connectivity index (χ3v) is 4.72. The summed E-state index contributed by atoms with van der Waals surface area (Å²) in [5.74, 6) is -0.512. The lowest BCUT2D eigenvalue weighted by atomic mass is 10.1. The molecule has 0 aliphatic carbocycles. The molecule has 0 saturated carbocycles. The molecule has 148 valence electrons. The van der Waals surface area contributed by atoms with E-state index >= 15 is 0 Å². The van der Waals surface area contributed by atoms with Gasteiger partial charge < -0.3 is 10.6 Å². The van der Waals surface area contributed by atoms with Crippen LogP contribution in [0.2, 0.25) is 5.02 Å². The number of non-ortho nitro benzene ring substituents is 1. The van der Waals surface area contributed by atoms with Crippen molar-refractivity contribution in [1.29, 1.82) is 0 Å². The fourth-order valence-electron chi connectivity index (χ4n) is 2.38. The summed E-state index contributed by atoms with van der Waals surface area (Å²) in [5.41, 5.74) is 0.768. The lowest BCUT2D eigenvalue weighted by Crippen LogP contribution is -2.22. The number of nitrogens with one attached hydrogen (secondary N) is 2. The van der Waals surface area contributed by atoms with Crippen LogP contribution >= 0.6 is 22.9 Å². The maximum atomic E-state index is 12.1. The third-order valence-electron chi connectivity index (χ3n) is 3.69. The molecule has 0 unspecified atom stereocenters. The average Bonchev–Trinajstić information content (AvgIpc) is 3.17. The fraction of sp³-hybridized carbons (Fsp3) is 0.0588. The number of carbonyl (C=O) groups excluding carboxylic acids is 1. The predicted octanol–water partition coefficient (Wildman–Crippen LogP) is 4.33. The van der Waals surface area contributed by atoms with Crippen LogP contribution in [0.25, 0.3) is 11.3 Å². The molecule has 3 aromatic rings. The molecule has 3 rings (SSSR count). The molecule has 29 heavy (non-hydrogen) atoms. The molecule has 0 aliphatic rings. The molecule has 1 heterocycles. The highest BCUT2D eigenvalue weighted by Crippen LogP contribution is 2.29. The maximum Gasteiger partial charge on any atom is 0.294 e. The summed E-state index contributed by atoms with van der Waals surface area (Å²) >= 11 is 6.96. The summed E-state index contributed by atoms with van der Waals surface area (Å²) in [6.45, 7) is -0.179. The number of amides is 1. The Morgan fingerprint density at radius 2 is 1.93 bits per heavy atom. The number of nitrogens with zero attached hydrogens (tertiary/aromatic N) is 3. The summed E-state index contributed by atoms with van der Waals surface area (Å²) in [4.78, 5) is 37.2. The maximum absolute atomic E-state index is 12.1. The molecule has 0 bridgehead atoms. The Bertz CT molecular complexity index is 1100. The molecule has 0 atom stereocenters. The second kappa shape index (κ2) is 8.63. The van der Waals surface area contributed by atoms with Gasteiger partial charge in [-0.15, -0.1) is 11.3 Å². The molecule has 2 N–H and O–H groups in total. The molecule has 10 nitrogen and oxygen atoms in total. The number of halogens is 1. The lowest BCUT2D eigenvalue weighted by molar-refractivity contribution is -0.384. The second-order valence-corrected chi connectivity index (χ2v) is 6.96. The van der Waals surface area contributed by atoms with Gasteiger partial charge in [0.15, 0.2) is 5.13 Å². The Balaban J connectivity index is 1.64. The Morgan fingerprint density at radius 3 is 2.66 bits per heavy atom. The Morgan fingerprint density at radius 1 is 1.14 bits per heavy atom. The summed E-state index contributed by atoms with van der Waals surface area (Å²) in [6, 6.07) is 9.98. The fourth-order valence-corrected chi connectivity index (χ4v) is 3.26. The number of hydrogen-bond acceptors (Lipinski definition) is 8. The standard InChI is InChI=1S/C17H12ClN5O5S/c18-11-4-5-13(15(7-11)23(27)28)20-16(24)8-19-17-21-14(9-29-17)10-2-1-3-12(6-10)22(25)26/h1-7,9H,8H2,(H,19,21)(H,20,24). The van der Waals surface area contributed by atoms with E-state index in [1.54, 1.807) is 17.5 Å². The summed E-state index contributed by atoms with van der Waals surface area (Å²) < 4.78 is 0. The molecular weight excluding hydrogens is 422 g/mol. The molecule has 12 heteroatoms. The largest absolute Gasteiger partial charge is 0.352 e. The minimum Gasteiger partial charge on any atom is -0.352 e. The van der Waals surface area contributed by atoms with Crippen molar-refractivity contribution in [1.82, 2.24) is 4.98 Å². The quantitative estimate of drug-likeness (QED) is 0.417. The van der Waals surface area contributed by atoms with Crippen molar-refractivity contribution in [2.75, 3.05) is 17.2 Å². The van der Waals surface area contributed by atoms with Gasteiger partial charge in [0.05, 0.1) is 22.1 Å². The molecule has 0 saturated heterocycles. The topological polar surface area (TPSA) is 140 Å². The lowest BCUT2D eigenvalue weighted by Gasteiger charge is -2.07. The zero-order chi connectivity index (χ0) is 21.0. The van der Waals surface area contributed by atoms with E-state index in [-0.39, 0.29) is 28.6 Å². The highest BCUT2D eigenvalue weighted by atomic mass is 35.5. The summed E-state index contributed by atoms with van der Waals surface area (Å²) in [7, 11) is 0. The molecule has 0 aliphatic heterocycles. The first-order valence-electron chi connectivity index (χ1n) is 8.01. The molecule has 0 spiro atoms. The van der Waals surface area contributed by atoms with Crippen molar-refractivity contribution in [3.63, 3.8) is 0 Å². The zero-order valence-corrected chi connectivity index (χ0v) is 16.1. The number of rotatable bonds is 7. The van der Waals surface area contributed by atoms with Gasteiger partial charge in [0.1, 0.15) is 5.69 Å². The first-order chi connectivity index (χ1) is 13.8. The highest BCUT2D eigenvalue weighted by Gasteiger charge is 2.17. The molecular formula is C17H12ClN5O5S. The van der Waals surface area contributed by atoms with Crippen LogP contribution in [0.4, 0.5) is 22.2 Å². The van der Waals surface area contributed by atoms with Gasteiger partial charge in [-0.1, -0.05) is 23.7 Å². The van der Waals surface area contributed by atoms with Gasteiger partial charge in [-0.25, -0.2) is 4.98 Å². The van der Waals surface area contributed by atoms with Crippen molar-refractivity contribution < 1.29 is 14.6 Å². The third kappa shape index (κ3) is 5.03. The van der Waals surface area contributed by atoms with Crippen LogP contribution in [0.1, 0.15) is 0 Å². The highest BCUT2D eigenvalue weighted by molar-refractivity contribution is 7.14. The van der Waals surface area contributed by atoms with Gasteiger partial charge >= 0.3 is 0 Å². The monoisotopic (exact) mass is 433 g/mol. The number of nitro groups is 2. The SMILES string of the molecule is O=C(CNc1nc(-c2cccc([N+](=O)[O-])c2)cs1)Nc1ccc(Cl)cc1[N+](=O)[O-]. The van der Waals surface area contributed by atoms with Crippen LogP contribution in [0.15, 0.2) is 47.8 Å². The molecule has 0 radical (unpaired) electrons. The molecule has 0 fully saturated rings. The van der Waals surface area contributed by atoms with Gasteiger partial charge in [-0.3, -0.25) is 25.0 Å². The van der Waals surface area contributed by atoms with Crippen LogP contribution in [-0.4, -0.2) is 27.3 Å².